The Morgan fingerprint density at radius 2 is 0.970 bits per heavy atom. The van der Waals surface area contributed by atoms with Gasteiger partial charge in [0.05, 0.1) is 23.3 Å². The van der Waals surface area contributed by atoms with Crippen molar-refractivity contribution in [1.29, 1.82) is 10.5 Å². The Kier molecular flexibility index (Phi) is 6.94. The van der Waals surface area contributed by atoms with Gasteiger partial charge in [-0.2, -0.15) is 10.5 Å². The predicted octanol–water partition coefficient (Wildman–Crippen LogP) is 7.38. The van der Waals surface area contributed by atoms with Crippen LogP contribution in [0.3, 0.4) is 0 Å². The molecule has 0 fully saturated rings. The van der Waals surface area contributed by atoms with Crippen LogP contribution in [-0.2, 0) is 12.8 Å². The highest BCUT2D eigenvalue weighted by Crippen LogP contribution is 2.35. The van der Waals surface area contributed by atoms with Gasteiger partial charge in [-0.15, -0.1) is 0 Å². The van der Waals surface area contributed by atoms with Gasteiger partial charge in [0, 0.05) is 9.79 Å². The first-order valence-electron chi connectivity index (χ1n) is 10.9. The summed E-state index contributed by atoms with van der Waals surface area (Å²) in [6, 6.07) is 33.3. The van der Waals surface area contributed by atoms with E-state index in [0.717, 1.165) is 12.8 Å². The van der Waals surface area contributed by atoms with Crippen molar-refractivity contribution in [3.8, 4) is 12.1 Å². The molecule has 0 radical (unpaired) electrons. The average molecular weight is 445 g/mol. The monoisotopic (exact) mass is 444 g/mol. The Labute approximate surface area is 200 Å². The van der Waals surface area contributed by atoms with Crippen molar-refractivity contribution >= 4 is 11.8 Å². The second-order valence-corrected chi connectivity index (χ2v) is 9.38. The Morgan fingerprint density at radius 3 is 1.33 bits per heavy atom. The second kappa shape index (κ2) is 10.2. The van der Waals surface area contributed by atoms with E-state index in [2.05, 4.69) is 62.4 Å². The average Bonchev–Trinajstić information content (AvgIpc) is 2.83. The van der Waals surface area contributed by atoms with E-state index >= 15 is 0 Å². The molecule has 0 amide bonds. The molecule has 0 saturated carbocycles. The number of aryl methyl sites for hydroxylation is 2. The minimum atomic E-state index is 0.685. The summed E-state index contributed by atoms with van der Waals surface area (Å²) >= 11 is 1.81. The Bertz CT molecular complexity index is 1250. The fourth-order valence-corrected chi connectivity index (χ4v) is 4.88. The van der Waals surface area contributed by atoms with Crippen molar-refractivity contribution in [2.45, 2.75) is 36.5 Å². The molecule has 4 aromatic carbocycles. The van der Waals surface area contributed by atoms with E-state index in [0.29, 0.717) is 11.1 Å². The molecule has 0 N–H and O–H groups in total. The zero-order valence-electron chi connectivity index (χ0n) is 18.8. The molecule has 4 aromatic rings. The van der Waals surface area contributed by atoms with Gasteiger partial charge < -0.3 is 0 Å². The summed E-state index contributed by atoms with van der Waals surface area (Å²) < 4.78 is 0. The fourth-order valence-electron chi connectivity index (χ4n) is 3.84. The largest absolute Gasteiger partial charge is 0.192 e. The van der Waals surface area contributed by atoms with Crippen molar-refractivity contribution < 1.29 is 0 Å². The number of benzene rings is 4. The van der Waals surface area contributed by atoms with E-state index in [1.165, 1.54) is 43.2 Å². The van der Waals surface area contributed by atoms with Crippen molar-refractivity contribution in [2.24, 2.45) is 0 Å². The van der Waals surface area contributed by atoms with Gasteiger partial charge in [-0.25, -0.2) is 0 Å². The lowest BCUT2D eigenvalue weighted by Crippen LogP contribution is -1.95. The number of nitrogens with zero attached hydrogens (tertiary/aromatic N) is 2. The molecule has 0 saturated heterocycles. The Morgan fingerprint density at radius 1 is 0.576 bits per heavy atom. The first-order valence-corrected chi connectivity index (χ1v) is 11.7. The molecule has 0 atom stereocenters. The molecule has 0 aromatic heterocycles. The van der Waals surface area contributed by atoms with Crippen LogP contribution < -0.4 is 0 Å². The van der Waals surface area contributed by atoms with Crippen LogP contribution in [0.5, 0.6) is 0 Å². The summed E-state index contributed by atoms with van der Waals surface area (Å²) in [6.45, 7) is 4.25. The second-order valence-electron chi connectivity index (χ2n) is 8.30. The topological polar surface area (TPSA) is 47.6 Å². The maximum Gasteiger partial charge on any atom is 0.0991 e. The molecule has 0 aliphatic heterocycles. The molecule has 0 bridgehead atoms. The van der Waals surface area contributed by atoms with Gasteiger partial charge in [0.2, 0.25) is 0 Å². The van der Waals surface area contributed by atoms with Crippen molar-refractivity contribution in [2.75, 3.05) is 0 Å². The summed E-state index contributed by atoms with van der Waals surface area (Å²) in [4.78, 5) is 2.49. The van der Waals surface area contributed by atoms with Crippen molar-refractivity contribution in [3.05, 3.63) is 129 Å². The first-order chi connectivity index (χ1) is 16.0. The number of hydrogen-bond acceptors (Lipinski definition) is 3. The van der Waals surface area contributed by atoms with Gasteiger partial charge >= 0.3 is 0 Å². The van der Waals surface area contributed by atoms with E-state index in [-0.39, 0.29) is 0 Å². The highest BCUT2D eigenvalue weighted by molar-refractivity contribution is 7.99. The van der Waals surface area contributed by atoms with E-state index in [9.17, 15) is 0 Å². The van der Waals surface area contributed by atoms with Gasteiger partial charge in [-0.3, -0.25) is 0 Å². The van der Waals surface area contributed by atoms with Crippen LogP contribution in [0.25, 0.3) is 0 Å². The minimum absolute atomic E-state index is 0.685. The molecule has 0 spiro atoms. The van der Waals surface area contributed by atoms with Crippen LogP contribution >= 0.6 is 11.8 Å². The van der Waals surface area contributed by atoms with Crippen LogP contribution in [0, 0.1) is 36.5 Å². The molecule has 0 unspecified atom stereocenters. The van der Waals surface area contributed by atoms with Crippen LogP contribution in [0.1, 0.15) is 44.5 Å². The molecule has 3 heteroatoms. The number of rotatable bonds is 6. The van der Waals surface area contributed by atoms with E-state index in [4.69, 9.17) is 10.5 Å². The van der Waals surface area contributed by atoms with E-state index in [1.807, 2.05) is 60.3 Å². The third-order valence-corrected chi connectivity index (χ3v) is 6.84. The predicted molar refractivity (Wildman–Crippen MR) is 134 cm³/mol. The summed E-state index contributed by atoms with van der Waals surface area (Å²) in [5, 5.41) is 18.1. The normalized spacial score (nSPS) is 10.4. The molecule has 4 rings (SSSR count). The van der Waals surface area contributed by atoms with Crippen LogP contribution in [0.4, 0.5) is 0 Å². The van der Waals surface area contributed by atoms with E-state index < -0.39 is 0 Å². The van der Waals surface area contributed by atoms with Gasteiger partial charge in [0.1, 0.15) is 0 Å². The molecular weight excluding hydrogens is 420 g/mol. The minimum Gasteiger partial charge on any atom is -0.192 e. The third-order valence-electron chi connectivity index (χ3n) is 5.61. The zero-order chi connectivity index (χ0) is 23.2. The number of nitriles is 2. The van der Waals surface area contributed by atoms with E-state index in [1.54, 1.807) is 0 Å². The lowest BCUT2D eigenvalue weighted by Gasteiger charge is -2.14. The van der Waals surface area contributed by atoms with Gasteiger partial charge in [0.25, 0.3) is 0 Å². The quantitative estimate of drug-likeness (QED) is 0.312. The fraction of sp³-hybridized carbons (Fsp3) is 0.133. The number of hydrogen-bond donors (Lipinski definition) is 0. The van der Waals surface area contributed by atoms with Crippen LogP contribution in [0.15, 0.2) is 94.7 Å². The van der Waals surface area contributed by atoms with Crippen LogP contribution in [0.2, 0.25) is 0 Å². The lowest BCUT2D eigenvalue weighted by atomic mass is 10.0. The summed E-state index contributed by atoms with van der Waals surface area (Å²) in [5.74, 6) is 0. The van der Waals surface area contributed by atoms with Crippen molar-refractivity contribution in [1.82, 2.24) is 0 Å². The van der Waals surface area contributed by atoms with Gasteiger partial charge in [-0.05, 0) is 85.3 Å². The summed E-state index contributed by atoms with van der Waals surface area (Å²) in [5.41, 5.74) is 8.82. The zero-order valence-corrected chi connectivity index (χ0v) is 19.6. The third kappa shape index (κ3) is 5.72. The maximum atomic E-state index is 9.07. The smallest absolute Gasteiger partial charge is 0.0991 e. The maximum absolute atomic E-state index is 9.07. The molecule has 0 aliphatic carbocycles. The molecule has 0 aliphatic rings. The van der Waals surface area contributed by atoms with Crippen molar-refractivity contribution in [3.63, 3.8) is 0 Å². The van der Waals surface area contributed by atoms with Crippen LogP contribution in [-0.4, -0.2) is 0 Å². The molecular formula is C30H24N2S. The highest BCUT2D eigenvalue weighted by Gasteiger charge is 2.11. The van der Waals surface area contributed by atoms with Gasteiger partial charge in [-0.1, -0.05) is 71.4 Å². The highest BCUT2D eigenvalue weighted by atomic mass is 32.2. The first kappa shape index (κ1) is 22.4. The molecule has 0 heterocycles. The molecule has 160 valence electrons. The van der Waals surface area contributed by atoms with Gasteiger partial charge in [0.15, 0.2) is 0 Å². The molecule has 2 nitrogen and oxygen atoms in total. The summed E-state index contributed by atoms with van der Waals surface area (Å²) in [7, 11) is 0. The summed E-state index contributed by atoms with van der Waals surface area (Å²) in [6.07, 6.45) is 1.65. The SMILES string of the molecule is Cc1ccc(Sc2ccc(C)cc2Cc2ccc(C#N)cc2)c(Cc2ccc(C#N)cc2)c1. The lowest BCUT2D eigenvalue weighted by molar-refractivity contribution is 1.10. The molecule has 33 heavy (non-hydrogen) atoms. The Hall–Kier alpha value is -3.79. The Balaban J connectivity index is 1.63. The standard InChI is InChI=1S/C30H24N2S/c1-21-3-13-29(27(15-21)17-23-5-9-25(19-31)10-6-23)33-30-14-4-22(2)16-28(30)18-24-7-11-26(20-32)12-8-24/h3-16H,17-18H2,1-2H3.